The smallest absolute Gasteiger partial charge is 0.00922 e. The van der Waals surface area contributed by atoms with Crippen LogP contribution in [-0.2, 0) is 0 Å². The number of hydrogen-bond acceptors (Lipinski definition) is 0. The van der Waals surface area contributed by atoms with Crippen LogP contribution in [0.25, 0.3) is 0 Å². The Labute approximate surface area is 97.3 Å². The number of unbranched alkanes of at least 4 members (excludes halogenated alkanes) is 6. The molecule has 0 fully saturated rings. The van der Waals surface area contributed by atoms with Gasteiger partial charge in [-0.15, -0.1) is 0 Å². The normalized spacial score (nSPS) is 10.1. The van der Waals surface area contributed by atoms with E-state index < -0.39 is 0 Å². The first-order valence-electron chi connectivity index (χ1n) is 5.57. The fourth-order valence-corrected chi connectivity index (χ4v) is 1.63. The van der Waals surface area contributed by atoms with E-state index >= 15 is 0 Å². The molecule has 14 heavy (non-hydrogen) atoms. The van der Waals surface area contributed by atoms with Crippen LogP contribution in [0.4, 0.5) is 0 Å². The highest BCUT2D eigenvalue weighted by molar-refractivity contribution is 9.09. The largest absolute Gasteiger partial charge is 0.0985 e. The molecule has 1 heteroatoms. The lowest BCUT2D eigenvalue weighted by molar-refractivity contribution is 0.616. The predicted molar refractivity (Wildman–Crippen MR) is 68.7 cm³/mol. The third-order valence-corrected chi connectivity index (χ3v) is 2.60. The molecule has 0 amide bonds. The van der Waals surface area contributed by atoms with E-state index in [2.05, 4.69) is 27.8 Å². The molecular formula is C13H21Br. The predicted octanol–water partition coefficient (Wildman–Crippen LogP) is 4.69. The summed E-state index contributed by atoms with van der Waals surface area (Å²) < 4.78 is 0. The number of hydrogen-bond donors (Lipinski definition) is 0. The van der Waals surface area contributed by atoms with Gasteiger partial charge in [0.05, 0.1) is 0 Å². The standard InChI is InChI=1S/C13H21Br/c1-2-3-4-5-6-7-8-9-10-11-12-13-14/h2-3H,6-13H2,1H3. The molecule has 0 N–H and O–H groups in total. The van der Waals surface area contributed by atoms with E-state index in [9.17, 15) is 0 Å². The van der Waals surface area contributed by atoms with Crippen molar-refractivity contribution in [3.8, 4) is 11.8 Å². The average molecular weight is 257 g/mol. The molecule has 0 saturated carbocycles. The molecule has 0 nitrogen and oxygen atoms in total. The molecule has 0 aromatic carbocycles. The number of halogens is 1. The van der Waals surface area contributed by atoms with E-state index in [1.54, 1.807) is 0 Å². The monoisotopic (exact) mass is 256 g/mol. The molecule has 0 aliphatic carbocycles. The Morgan fingerprint density at radius 3 is 2.29 bits per heavy atom. The molecule has 0 radical (unpaired) electrons. The van der Waals surface area contributed by atoms with Crippen LogP contribution < -0.4 is 0 Å². The molecule has 0 bridgehead atoms. The van der Waals surface area contributed by atoms with Gasteiger partial charge in [0.1, 0.15) is 0 Å². The highest BCUT2D eigenvalue weighted by Gasteiger charge is 1.89. The van der Waals surface area contributed by atoms with Gasteiger partial charge >= 0.3 is 0 Å². The molecule has 0 unspecified atom stereocenters. The minimum Gasteiger partial charge on any atom is -0.0985 e. The quantitative estimate of drug-likeness (QED) is 0.352. The van der Waals surface area contributed by atoms with Crippen molar-refractivity contribution in [3.63, 3.8) is 0 Å². The Kier molecular flexibility index (Phi) is 12.6. The minimum atomic E-state index is 1.06. The van der Waals surface area contributed by atoms with Crippen LogP contribution in [0.15, 0.2) is 12.2 Å². The van der Waals surface area contributed by atoms with E-state index in [1.165, 1.54) is 38.5 Å². The van der Waals surface area contributed by atoms with E-state index in [4.69, 9.17) is 0 Å². The highest BCUT2D eigenvalue weighted by atomic mass is 79.9. The van der Waals surface area contributed by atoms with Gasteiger partial charge in [-0.3, -0.25) is 0 Å². The lowest BCUT2D eigenvalue weighted by atomic mass is 10.1. The fourth-order valence-electron chi connectivity index (χ4n) is 1.23. The minimum absolute atomic E-state index is 1.06. The van der Waals surface area contributed by atoms with Crippen molar-refractivity contribution in [1.82, 2.24) is 0 Å². The van der Waals surface area contributed by atoms with Gasteiger partial charge in [0.2, 0.25) is 0 Å². The Hall–Kier alpha value is -0.220. The summed E-state index contributed by atoms with van der Waals surface area (Å²) >= 11 is 3.44. The van der Waals surface area contributed by atoms with Crippen molar-refractivity contribution < 1.29 is 0 Å². The van der Waals surface area contributed by atoms with Crippen molar-refractivity contribution in [2.24, 2.45) is 0 Å². The Morgan fingerprint density at radius 1 is 1.00 bits per heavy atom. The zero-order valence-electron chi connectivity index (χ0n) is 9.19. The van der Waals surface area contributed by atoms with E-state index in [1.807, 2.05) is 19.1 Å². The SMILES string of the molecule is CC=CC#CCCCCCCCCBr. The second-order valence-corrected chi connectivity index (χ2v) is 4.17. The van der Waals surface area contributed by atoms with Gasteiger partial charge < -0.3 is 0 Å². The molecule has 0 aliphatic rings. The van der Waals surface area contributed by atoms with Crippen LogP contribution in [0.5, 0.6) is 0 Å². The van der Waals surface area contributed by atoms with Gasteiger partial charge in [-0.1, -0.05) is 59.5 Å². The van der Waals surface area contributed by atoms with Crippen LogP contribution in [0.2, 0.25) is 0 Å². The van der Waals surface area contributed by atoms with Gasteiger partial charge in [-0.2, -0.15) is 0 Å². The Balaban J connectivity index is 3.03. The summed E-state index contributed by atoms with van der Waals surface area (Å²) in [6.45, 7) is 2.00. The summed E-state index contributed by atoms with van der Waals surface area (Å²) in [6, 6.07) is 0. The van der Waals surface area contributed by atoms with E-state index in [0.717, 1.165) is 11.8 Å². The maximum Gasteiger partial charge on any atom is 0.00922 e. The van der Waals surface area contributed by atoms with Gasteiger partial charge in [0.25, 0.3) is 0 Å². The van der Waals surface area contributed by atoms with E-state index in [-0.39, 0.29) is 0 Å². The molecule has 0 aromatic heterocycles. The first kappa shape index (κ1) is 13.8. The topological polar surface area (TPSA) is 0 Å². The highest BCUT2D eigenvalue weighted by Crippen LogP contribution is 2.07. The van der Waals surface area contributed by atoms with Gasteiger partial charge in [-0.25, -0.2) is 0 Å². The van der Waals surface area contributed by atoms with Gasteiger partial charge in [0.15, 0.2) is 0 Å². The molecule has 0 rings (SSSR count). The zero-order chi connectivity index (χ0) is 10.5. The molecule has 0 aliphatic heterocycles. The second kappa shape index (κ2) is 12.8. The Bertz CT molecular complexity index is 183. The molecule has 80 valence electrons. The van der Waals surface area contributed by atoms with Gasteiger partial charge in [0, 0.05) is 11.8 Å². The molecular weight excluding hydrogens is 236 g/mol. The molecule has 0 heterocycles. The summed E-state index contributed by atoms with van der Waals surface area (Å²) in [5.41, 5.74) is 0. The van der Waals surface area contributed by atoms with Crippen LogP contribution in [-0.4, -0.2) is 5.33 Å². The van der Waals surface area contributed by atoms with Crippen molar-refractivity contribution >= 4 is 15.9 Å². The van der Waals surface area contributed by atoms with Crippen LogP contribution in [0.3, 0.4) is 0 Å². The molecule has 0 saturated heterocycles. The summed E-state index contributed by atoms with van der Waals surface area (Å²) in [4.78, 5) is 0. The van der Waals surface area contributed by atoms with Crippen molar-refractivity contribution in [2.75, 3.05) is 5.33 Å². The molecule has 0 atom stereocenters. The lowest BCUT2D eigenvalue weighted by Gasteiger charge is -1.97. The van der Waals surface area contributed by atoms with Crippen LogP contribution >= 0.6 is 15.9 Å². The van der Waals surface area contributed by atoms with Crippen molar-refractivity contribution in [2.45, 2.75) is 51.9 Å². The maximum absolute atomic E-state index is 3.44. The summed E-state index contributed by atoms with van der Waals surface area (Å²) in [6.07, 6.45) is 13.0. The van der Waals surface area contributed by atoms with Crippen molar-refractivity contribution in [3.05, 3.63) is 12.2 Å². The first-order chi connectivity index (χ1) is 6.91. The molecule has 0 aromatic rings. The number of rotatable bonds is 7. The summed E-state index contributed by atoms with van der Waals surface area (Å²) in [5, 5.41) is 1.15. The number of alkyl halides is 1. The fraction of sp³-hybridized carbons (Fsp3) is 0.692. The second-order valence-electron chi connectivity index (χ2n) is 3.38. The lowest BCUT2D eigenvalue weighted by Crippen LogP contribution is -1.80. The number of allylic oxidation sites excluding steroid dienone is 2. The summed E-state index contributed by atoms with van der Waals surface area (Å²) in [5.74, 6) is 6.15. The van der Waals surface area contributed by atoms with Crippen molar-refractivity contribution in [1.29, 1.82) is 0 Å². The van der Waals surface area contributed by atoms with E-state index in [0.29, 0.717) is 0 Å². The molecule has 0 spiro atoms. The average Bonchev–Trinajstić information content (AvgIpc) is 2.21. The van der Waals surface area contributed by atoms with Crippen LogP contribution in [0, 0.1) is 11.8 Å². The summed E-state index contributed by atoms with van der Waals surface area (Å²) in [7, 11) is 0. The maximum atomic E-state index is 3.44. The van der Waals surface area contributed by atoms with Crippen LogP contribution in [0.1, 0.15) is 51.9 Å². The third kappa shape index (κ3) is 11.8. The Morgan fingerprint density at radius 2 is 1.64 bits per heavy atom. The zero-order valence-corrected chi connectivity index (χ0v) is 10.8. The first-order valence-corrected chi connectivity index (χ1v) is 6.69. The van der Waals surface area contributed by atoms with Gasteiger partial charge in [-0.05, 0) is 25.8 Å². The third-order valence-electron chi connectivity index (χ3n) is 2.04.